The lowest BCUT2D eigenvalue weighted by molar-refractivity contribution is 0.104. The molecule has 2 nitrogen and oxygen atoms in total. The van der Waals surface area contributed by atoms with Crippen molar-refractivity contribution in [3.8, 4) is 16.9 Å². The second-order valence-corrected chi connectivity index (χ2v) is 13.5. The predicted octanol–water partition coefficient (Wildman–Crippen LogP) is 5.76. The van der Waals surface area contributed by atoms with Crippen molar-refractivity contribution < 1.29 is 9.53 Å². The van der Waals surface area contributed by atoms with Crippen LogP contribution in [0, 0.1) is 0 Å². The van der Waals surface area contributed by atoms with Gasteiger partial charge in [-0.15, -0.1) is 0 Å². The molecule has 0 amide bonds. The molecule has 0 bridgehead atoms. The van der Waals surface area contributed by atoms with Crippen molar-refractivity contribution in [3.63, 3.8) is 0 Å². The van der Waals surface area contributed by atoms with Crippen LogP contribution in [0.25, 0.3) is 32.7 Å². The summed E-state index contributed by atoms with van der Waals surface area (Å²) < 4.78 is 5.49. The zero-order valence-electron chi connectivity index (χ0n) is 16.6. The Balaban J connectivity index is 1.98. The first-order chi connectivity index (χ1) is 13.4. The van der Waals surface area contributed by atoms with Gasteiger partial charge in [0, 0.05) is 16.7 Å². The van der Waals surface area contributed by atoms with Crippen molar-refractivity contribution in [1.29, 1.82) is 0 Å². The van der Waals surface area contributed by atoms with Gasteiger partial charge in [-0.1, -0.05) is 56.0 Å². The fourth-order valence-corrected chi connectivity index (χ4v) is 6.62. The quantitative estimate of drug-likeness (QED) is 0.363. The van der Waals surface area contributed by atoms with Crippen LogP contribution in [0.3, 0.4) is 0 Å². The maximum absolute atomic E-state index is 13.6. The number of hydrogen-bond donors (Lipinski definition) is 0. The summed E-state index contributed by atoms with van der Waals surface area (Å²) in [6, 6.07) is 20.8. The first-order valence-electron chi connectivity index (χ1n) is 9.62. The molecule has 0 aliphatic heterocycles. The molecule has 138 valence electrons. The van der Waals surface area contributed by atoms with E-state index < -0.39 is 8.07 Å². The SMILES string of the molecule is COc1ccc2cc3c(c([Si](C)(C)C)c2c1)C(=O)c1ccc2ccccc2c1-3. The van der Waals surface area contributed by atoms with E-state index in [2.05, 4.69) is 62.1 Å². The van der Waals surface area contributed by atoms with E-state index in [4.69, 9.17) is 4.74 Å². The summed E-state index contributed by atoms with van der Waals surface area (Å²) in [6.45, 7) is 6.95. The Labute approximate surface area is 165 Å². The molecule has 0 N–H and O–H groups in total. The van der Waals surface area contributed by atoms with Gasteiger partial charge in [-0.2, -0.15) is 0 Å². The number of carbonyl (C=O) groups excluding carboxylic acids is 1. The minimum Gasteiger partial charge on any atom is -0.497 e. The van der Waals surface area contributed by atoms with Crippen LogP contribution in [-0.4, -0.2) is 21.0 Å². The van der Waals surface area contributed by atoms with Gasteiger partial charge >= 0.3 is 0 Å². The van der Waals surface area contributed by atoms with Crippen molar-refractivity contribution in [1.82, 2.24) is 0 Å². The first-order valence-corrected chi connectivity index (χ1v) is 13.1. The molecule has 4 aromatic rings. The Morgan fingerprint density at radius 1 is 0.750 bits per heavy atom. The Kier molecular flexibility index (Phi) is 3.56. The highest BCUT2D eigenvalue weighted by Crippen LogP contribution is 2.43. The average molecular weight is 383 g/mol. The summed E-state index contributed by atoms with van der Waals surface area (Å²) in [6.07, 6.45) is 0. The van der Waals surface area contributed by atoms with Crippen LogP contribution >= 0.6 is 0 Å². The normalized spacial score (nSPS) is 13.1. The summed E-state index contributed by atoms with van der Waals surface area (Å²) in [5, 5.41) is 5.89. The molecule has 0 aromatic heterocycles. The molecule has 0 radical (unpaired) electrons. The summed E-state index contributed by atoms with van der Waals surface area (Å²) >= 11 is 0. The molecule has 1 aliphatic carbocycles. The molecule has 0 atom stereocenters. The predicted molar refractivity (Wildman–Crippen MR) is 120 cm³/mol. The average Bonchev–Trinajstić information content (AvgIpc) is 2.97. The number of benzene rings is 4. The molecule has 0 saturated carbocycles. The van der Waals surface area contributed by atoms with Crippen LogP contribution in [0.5, 0.6) is 5.75 Å². The summed E-state index contributed by atoms with van der Waals surface area (Å²) in [4.78, 5) is 13.6. The number of methoxy groups -OCH3 is 1. The van der Waals surface area contributed by atoms with E-state index in [0.29, 0.717) is 0 Å². The molecule has 0 heterocycles. The van der Waals surface area contributed by atoms with Gasteiger partial charge in [0.05, 0.1) is 15.2 Å². The summed E-state index contributed by atoms with van der Waals surface area (Å²) in [5.74, 6) is 0.998. The maximum atomic E-state index is 13.6. The first kappa shape index (κ1) is 17.2. The third-order valence-electron chi connectivity index (χ3n) is 5.77. The Hall–Kier alpha value is -2.91. The molecule has 0 spiro atoms. The molecule has 4 aromatic carbocycles. The monoisotopic (exact) mass is 382 g/mol. The van der Waals surface area contributed by atoms with Gasteiger partial charge in [-0.3, -0.25) is 4.79 Å². The summed E-state index contributed by atoms with van der Waals surface area (Å²) in [7, 11) is -0.125. The Morgan fingerprint density at radius 3 is 2.25 bits per heavy atom. The van der Waals surface area contributed by atoms with Gasteiger partial charge in [-0.05, 0) is 56.6 Å². The van der Waals surface area contributed by atoms with Crippen molar-refractivity contribution in [2.75, 3.05) is 7.11 Å². The number of ketones is 1. The van der Waals surface area contributed by atoms with Crippen molar-refractivity contribution in [3.05, 3.63) is 71.8 Å². The van der Waals surface area contributed by atoms with E-state index >= 15 is 0 Å². The van der Waals surface area contributed by atoms with E-state index in [9.17, 15) is 4.79 Å². The number of carbonyl (C=O) groups is 1. The molecule has 0 fully saturated rings. The van der Waals surface area contributed by atoms with Crippen molar-refractivity contribution >= 4 is 40.6 Å². The highest BCUT2D eigenvalue weighted by atomic mass is 28.3. The number of rotatable bonds is 2. The van der Waals surface area contributed by atoms with Gasteiger partial charge in [-0.25, -0.2) is 0 Å². The van der Waals surface area contributed by atoms with Gasteiger partial charge in [0.2, 0.25) is 0 Å². The molecular weight excluding hydrogens is 360 g/mol. The minimum atomic E-state index is -1.82. The van der Waals surface area contributed by atoms with E-state index in [-0.39, 0.29) is 5.78 Å². The highest BCUT2D eigenvalue weighted by molar-refractivity contribution is 6.91. The third-order valence-corrected chi connectivity index (χ3v) is 7.79. The van der Waals surface area contributed by atoms with E-state index in [1.807, 2.05) is 18.2 Å². The van der Waals surface area contributed by atoms with Gasteiger partial charge in [0.1, 0.15) is 5.75 Å². The van der Waals surface area contributed by atoms with Crippen molar-refractivity contribution in [2.45, 2.75) is 19.6 Å². The largest absolute Gasteiger partial charge is 0.497 e. The van der Waals surface area contributed by atoms with Crippen LogP contribution in [0.15, 0.2) is 60.7 Å². The van der Waals surface area contributed by atoms with Crippen molar-refractivity contribution in [2.24, 2.45) is 0 Å². The van der Waals surface area contributed by atoms with E-state index in [1.54, 1.807) is 7.11 Å². The van der Waals surface area contributed by atoms with Crippen LogP contribution < -0.4 is 9.92 Å². The van der Waals surface area contributed by atoms with Crippen LogP contribution in [0.2, 0.25) is 19.6 Å². The second kappa shape index (κ2) is 5.79. The second-order valence-electron chi connectivity index (χ2n) is 8.55. The number of fused-ring (bicyclic) bond motifs is 6. The molecule has 0 saturated heterocycles. The minimum absolute atomic E-state index is 0.165. The van der Waals surface area contributed by atoms with Gasteiger partial charge < -0.3 is 4.74 Å². The Bertz CT molecular complexity index is 1300. The molecule has 1 aliphatic rings. The fourth-order valence-electron chi connectivity index (χ4n) is 4.60. The standard InChI is InChI=1S/C25H22O2Si/c1-27-17-11-9-16-13-21-22-18-8-6-5-7-15(18)10-12-19(22)24(26)23(21)25(20(16)14-17)28(2,3)4/h5-14H,1-4H3. The van der Waals surface area contributed by atoms with Crippen LogP contribution in [0.1, 0.15) is 15.9 Å². The molecule has 0 unspecified atom stereocenters. The lowest BCUT2D eigenvalue weighted by atomic mass is 9.96. The molecule has 3 heteroatoms. The smallest absolute Gasteiger partial charge is 0.194 e. The zero-order chi connectivity index (χ0) is 19.6. The number of ether oxygens (including phenoxy) is 1. The topological polar surface area (TPSA) is 26.3 Å². The number of hydrogen-bond acceptors (Lipinski definition) is 2. The molecule has 28 heavy (non-hydrogen) atoms. The van der Waals surface area contributed by atoms with E-state index in [0.717, 1.165) is 38.8 Å². The van der Waals surface area contributed by atoms with Gasteiger partial charge in [0.15, 0.2) is 5.78 Å². The van der Waals surface area contributed by atoms with Gasteiger partial charge in [0.25, 0.3) is 0 Å². The molecule has 5 rings (SSSR count). The van der Waals surface area contributed by atoms with Crippen LogP contribution in [0.4, 0.5) is 0 Å². The van der Waals surface area contributed by atoms with E-state index in [1.165, 1.54) is 16.0 Å². The fraction of sp³-hybridized carbons (Fsp3) is 0.160. The zero-order valence-corrected chi connectivity index (χ0v) is 17.6. The third kappa shape index (κ3) is 2.29. The lowest BCUT2D eigenvalue weighted by Crippen LogP contribution is -2.41. The maximum Gasteiger partial charge on any atom is 0.194 e. The molecular formula is C25H22O2Si. The van der Waals surface area contributed by atoms with Crippen LogP contribution in [-0.2, 0) is 0 Å². The Morgan fingerprint density at radius 2 is 1.50 bits per heavy atom. The summed E-state index contributed by atoms with van der Waals surface area (Å²) in [5.41, 5.74) is 3.92. The highest BCUT2D eigenvalue weighted by Gasteiger charge is 2.35. The lowest BCUT2D eigenvalue weighted by Gasteiger charge is -2.23.